The average molecular weight is 201 g/mol. The third-order valence-corrected chi connectivity index (χ3v) is 3.74. The Morgan fingerprint density at radius 2 is 2.13 bits per heavy atom. The Hall–Kier alpha value is -1.15. The maximum Gasteiger partial charge on any atom is 0.153 e. The van der Waals surface area contributed by atoms with Crippen molar-refractivity contribution in [3.8, 4) is 0 Å². The maximum absolute atomic E-state index is 11.8. The zero-order valence-electron chi connectivity index (χ0n) is 8.70. The van der Waals surface area contributed by atoms with Gasteiger partial charge in [0, 0.05) is 6.42 Å². The summed E-state index contributed by atoms with van der Waals surface area (Å²) in [6.45, 7) is 0. The van der Waals surface area contributed by atoms with Crippen LogP contribution in [0.3, 0.4) is 0 Å². The lowest BCUT2D eigenvalue weighted by atomic mass is 9.74. The normalized spacial score (nSPS) is 25.3. The summed E-state index contributed by atoms with van der Waals surface area (Å²) in [5, 5.41) is 0. The fourth-order valence-electron chi connectivity index (χ4n) is 2.39. The van der Waals surface area contributed by atoms with Gasteiger partial charge in [-0.2, -0.15) is 0 Å². The van der Waals surface area contributed by atoms with Crippen molar-refractivity contribution in [2.75, 3.05) is 0 Å². The van der Waals surface area contributed by atoms with Gasteiger partial charge in [0.05, 0.1) is 5.54 Å². The SMILES string of the molecule is NC1(C(=O)CC2Cc3ccccc32)CC1. The van der Waals surface area contributed by atoms with E-state index in [0.29, 0.717) is 12.3 Å². The number of nitrogens with two attached hydrogens (primary N) is 1. The van der Waals surface area contributed by atoms with E-state index < -0.39 is 5.54 Å². The standard InChI is InChI=1S/C13H15NO/c14-13(5-6-13)12(15)8-10-7-9-3-1-2-4-11(9)10/h1-4,10H,5-8,14H2. The zero-order chi connectivity index (χ0) is 10.5. The Bertz CT molecular complexity index is 420. The van der Waals surface area contributed by atoms with Crippen molar-refractivity contribution < 1.29 is 4.79 Å². The number of fused-ring (bicyclic) bond motifs is 1. The number of carbonyl (C=O) groups is 1. The number of rotatable bonds is 3. The first-order valence-electron chi connectivity index (χ1n) is 5.59. The van der Waals surface area contributed by atoms with E-state index in [0.717, 1.165) is 19.3 Å². The monoisotopic (exact) mass is 201 g/mol. The molecule has 0 aliphatic heterocycles. The van der Waals surface area contributed by atoms with Crippen molar-refractivity contribution in [1.29, 1.82) is 0 Å². The molecule has 1 fully saturated rings. The summed E-state index contributed by atoms with van der Waals surface area (Å²) in [6, 6.07) is 8.38. The molecule has 2 heteroatoms. The van der Waals surface area contributed by atoms with Crippen LogP contribution in [0.1, 0.15) is 36.3 Å². The van der Waals surface area contributed by atoms with E-state index in [2.05, 4.69) is 18.2 Å². The highest BCUT2D eigenvalue weighted by Crippen LogP contribution is 2.41. The van der Waals surface area contributed by atoms with Crippen molar-refractivity contribution in [2.24, 2.45) is 5.73 Å². The molecule has 0 heterocycles. The lowest BCUT2D eigenvalue weighted by molar-refractivity contribution is -0.121. The molecule has 1 aromatic rings. The van der Waals surface area contributed by atoms with Crippen LogP contribution in [-0.2, 0) is 11.2 Å². The van der Waals surface area contributed by atoms with Gasteiger partial charge in [0.1, 0.15) is 0 Å². The molecule has 2 aliphatic carbocycles. The highest BCUT2D eigenvalue weighted by Gasteiger charge is 2.46. The van der Waals surface area contributed by atoms with E-state index in [9.17, 15) is 4.79 Å². The summed E-state index contributed by atoms with van der Waals surface area (Å²) in [4.78, 5) is 11.8. The molecule has 0 spiro atoms. The Morgan fingerprint density at radius 1 is 1.40 bits per heavy atom. The molecule has 0 aromatic heterocycles. The van der Waals surface area contributed by atoms with Gasteiger partial charge in [0.25, 0.3) is 0 Å². The van der Waals surface area contributed by atoms with Crippen LogP contribution in [0.15, 0.2) is 24.3 Å². The molecule has 0 bridgehead atoms. The van der Waals surface area contributed by atoms with E-state index in [1.54, 1.807) is 0 Å². The summed E-state index contributed by atoms with van der Waals surface area (Å²) in [5.74, 6) is 0.705. The van der Waals surface area contributed by atoms with Gasteiger partial charge in [-0.3, -0.25) is 4.79 Å². The number of benzene rings is 1. The first kappa shape index (κ1) is 9.10. The van der Waals surface area contributed by atoms with Crippen molar-refractivity contribution >= 4 is 5.78 Å². The quantitative estimate of drug-likeness (QED) is 0.810. The van der Waals surface area contributed by atoms with Gasteiger partial charge in [0.15, 0.2) is 5.78 Å². The van der Waals surface area contributed by atoms with E-state index in [4.69, 9.17) is 5.73 Å². The van der Waals surface area contributed by atoms with Crippen LogP contribution in [-0.4, -0.2) is 11.3 Å². The number of ketones is 1. The van der Waals surface area contributed by atoms with Gasteiger partial charge in [0.2, 0.25) is 0 Å². The lowest BCUT2D eigenvalue weighted by Gasteiger charge is -2.30. The van der Waals surface area contributed by atoms with Crippen LogP contribution in [0, 0.1) is 0 Å². The van der Waals surface area contributed by atoms with Crippen LogP contribution in [0.25, 0.3) is 0 Å². The van der Waals surface area contributed by atoms with Crippen molar-refractivity contribution in [3.63, 3.8) is 0 Å². The molecule has 3 rings (SSSR count). The number of hydrogen-bond donors (Lipinski definition) is 1. The van der Waals surface area contributed by atoms with Gasteiger partial charge in [-0.25, -0.2) is 0 Å². The topological polar surface area (TPSA) is 43.1 Å². The number of Topliss-reactive ketones (excluding diaryl/α,β-unsaturated/α-hetero) is 1. The van der Waals surface area contributed by atoms with E-state index >= 15 is 0 Å². The predicted octanol–water partition coefficient (Wildman–Crippen LogP) is 1.78. The minimum atomic E-state index is -0.440. The first-order chi connectivity index (χ1) is 7.19. The Kier molecular flexibility index (Phi) is 1.77. The van der Waals surface area contributed by atoms with Crippen molar-refractivity contribution in [3.05, 3.63) is 35.4 Å². The van der Waals surface area contributed by atoms with Crippen LogP contribution >= 0.6 is 0 Å². The molecular weight excluding hydrogens is 186 g/mol. The predicted molar refractivity (Wildman–Crippen MR) is 58.7 cm³/mol. The molecule has 2 aliphatic rings. The van der Waals surface area contributed by atoms with Gasteiger partial charge in [-0.05, 0) is 36.3 Å². The van der Waals surface area contributed by atoms with E-state index in [1.807, 2.05) is 6.07 Å². The molecule has 2 N–H and O–H groups in total. The number of hydrogen-bond acceptors (Lipinski definition) is 2. The minimum absolute atomic E-state index is 0.266. The molecule has 2 nitrogen and oxygen atoms in total. The second-order valence-electron chi connectivity index (χ2n) is 4.88. The summed E-state index contributed by atoms with van der Waals surface area (Å²) < 4.78 is 0. The third kappa shape index (κ3) is 1.40. The highest BCUT2D eigenvalue weighted by atomic mass is 16.1. The molecule has 15 heavy (non-hydrogen) atoms. The second kappa shape index (κ2) is 2.92. The summed E-state index contributed by atoms with van der Waals surface area (Å²) in [5.41, 5.74) is 8.20. The Balaban J connectivity index is 1.70. The smallest absolute Gasteiger partial charge is 0.153 e. The number of carbonyl (C=O) groups excluding carboxylic acids is 1. The fraction of sp³-hybridized carbons (Fsp3) is 0.462. The van der Waals surface area contributed by atoms with Gasteiger partial charge in [-0.1, -0.05) is 24.3 Å². The van der Waals surface area contributed by atoms with Gasteiger partial charge >= 0.3 is 0 Å². The third-order valence-electron chi connectivity index (χ3n) is 3.74. The highest BCUT2D eigenvalue weighted by molar-refractivity contribution is 5.91. The van der Waals surface area contributed by atoms with Crippen LogP contribution in [0.2, 0.25) is 0 Å². The average Bonchev–Trinajstić information content (AvgIpc) is 2.94. The lowest BCUT2D eigenvalue weighted by Crippen LogP contribution is -2.35. The molecule has 1 unspecified atom stereocenters. The Morgan fingerprint density at radius 3 is 2.80 bits per heavy atom. The summed E-state index contributed by atoms with van der Waals surface area (Å²) >= 11 is 0. The first-order valence-corrected chi connectivity index (χ1v) is 5.59. The molecule has 1 atom stereocenters. The van der Waals surface area contributed by atoms with E-state index in [-0.39, 0.29) is 5.78 Å². The molecule has 0 saturated heterocycles. The summed E-state index contributed by atoms with van der Waals surface area (Å²) in [6.07, 6.45) is 3.48. The van der Waals surface area contributed by atoms with Crippen LogP contribution in [0.5, 0.6) is 0 Å². The van der Waals surface area contributed by atoms with E-state index in [1.165, 1.54) is 11.1 Å². The van der Waals surface area contributed by atoms with Crippen molar-refractivity contribution in [2.45, 2.75) is 37.1 Å². The summed E-state index contributed by atoms with van der Waals surface area (Å²) in [7, 11) is 0. The zero-order valence-corrected chi connectivity index (χ0v) is 8.70. The second-order valence-corrected chi connectivity index (χ2v) is 4.88. The van der Waals surface area contributed by atoms with Crippen molar-refractivity contribution in [1.82, 2.24) is 0 Å². The minimum Gasteiger partial charge on any atom is -0.319 e. The maximum atomic E-state index is 11.8. The molecular formula is C13H15NO. The van der Waals surface area contributed by atoms with Gasteiger partial charge < -0.3 is 5.73 Å². The largest absolute Gasteiger partial charge is 0.319 e. The molecule has 0 radical (unpaired) electrons. The molecule has 1 aromatic carbocycles. The fourth-order valence-corrected chi connectivity index (χ4v) is 2.39. The molecule has 0 amide bonds. The van der Waals surface area contributed by atoms with Crippen LogP contribution < -0.4 is 5.73 Å². The molecule has 78 valence electrons. The molecule has 1 saturated carbocycles. The Labute approximate surface area is 89.5 Å². The van der Waals surface area contributed by atoms with Gasteiger partial charge in [-0.15, -0.1) is 0 Å². The van der Waals surface area contributed by atoms with Crippen LogP contribution in [0.4, 0.5) is 0 Å².